The quantitative estimate of drug-likeness (QED) is 0.233. The Balaban J connectivity index is 4.61. The van der Waals surface area contributed by atoms with Crippen molar-refractivity contribution in [1.82, 2.24) is 4.90 Å². The maximum absolute atomic E-state index is 11.7. The van der Waals surface area contributed by atoms with Gasteiger partial charge in [0, 0.05) is 6.54 Å². The van der Waals surface area contributed by atoms with Gasteiger partial charge in [0.15, 0.2) is 0 Å². The van der Waals surface area contributed by atoms with Gasteiger partial charge in [-0.3, -0.25) is 4.79 Å². The van der Waals surface area contributed by atoms with Crippen molar-refractivity contribution in [3.8, 4) is 0 Å². The molecule has 0 saturated heterocycles. The molecule has 0 bridgehead atoms. The Morgan fingerprint density at radius 3 is 2.59 bits per heavy atom. The summed E-state index contributed by atoms with van der Waals surface area (Å²) in [5.41, 5.74) is 0.109. The van der Waals surface area contributed by atoms with E-state index in [-0.39, 0.29) is 18.2 Å². The second-order valence-electron chi connectivity index (χ2n) is 3.20. The maximum atomic E-state index is 11.7. The van der Waals surface area contributed by atoms with E-state index in [0.717, 1.165) is 0 Å². The summed E-state index contributed by atoms with van der Waals surface area (Å²) < 4.78 is 5.14. The number of halogens is 1. The maximum Gasteiger partial charge on any atom is 0.354 e. The second-order valence-corrected chi connectivity index (χ2v) is 3.97. The highest BCUT2D eigenvalue weighted by Gasteiger charge is 2.21. The van der Waals surface area contributed by atoms with Gasteiger partial charge in [0.25, 0.3) is 0 Å². The van der Waals surface area contributed by atoms with Crippen molar-refractivity contribution in [3.63, 3.8) is 0 Å². The van der Waals surface area contributed by atoms with E-state index in [4.69, 9.17) is 4.74 Å². The molecule has 5 heteroatoms. The standard InChI is InChI=1S/C12H18INO3/c1-4-6-7-8-14(11(15)9-13)10(3)12(16)17-5-2/h4,6H,3,5,7-9H2,1-2H3/b6-4+. The molecule has 0 aromatic heterocycles. The summed E-state index contributed by atoms with van der Waals surface area (Å²) in [6.45, 7) is 7.97. The van der Waals surface area contributed by atoms with E-state index < -0.39 is 5.97 Å². The average molecular weight is 351 g/mol. The Morgan fingerprint density at radius 2 is 2.12 bits per heavy atom. The predicted octanol–water partition coefficient (Wildman–Crippen LogP) is 2.29. The minimum Gasteiger partial charge on any atom is -0.461 e. The molecule has 0 aliphatic heterocycles. The number of amides is 1. The SMILES string of the molecule is C=C(C(=O)OCC)N(CC/C=C/C)C(=O)CI. The largest absolute Gasteiger partial charge is 0.461 e. The number of esters is 1. The van der Waals surface area contributed by atoms with E-state index in [1.807, 2.05) is 41.7 Å². The number of hydrogen-bond acceptors (Lipinski definition) is 3. The third-order valence-electron chi connectivity index (χ3n) is 2.01. The minimum atomic E-state index is -0.536. The molecule has 0 aromatic carbocycles. The van der Waals surface area contributed by atoms with Crippen LogP contribution in [-0.2, 0) is 14.3 Å². The number of carbonyl (C=O) groups excluding carboxylic acids is 2. The van der Waals surface area contributed by atoms with Crippen molar-refractivity contribution in [2.45, 2.75) is 20.3 Å². The lowest BCUT2D eigenvalue weighted by Crippen LogP contribution is -2.35. The molecule has 0 rings (SSSR count). The molecule has 17 heavy (non-hydrogen) atoms. The van der Waals surface area contributed by atoms with Gasteiger partial charge in [-0.2, -0.15) is 0 Å². The summed E-state index contributed by atoms with van der Waals surface area (Å²) in [6, 6.07) is 0. The van der Waals surface area contributed by atoms with Crippen LogP contribution >= 0.6 is 22.6 Å². The van der Waals surface area contributed by atoms with Gasteiger partial charge in [-0.15, -0.1) is 0 Å². The van der Waals surface area contributed by atoms with Crippen LogP contribution in [0.5, 0.6) is 0 Å². The van der Waals surface area contributed by atoms with Crippen molar-refractivity contribution in [2.75, 3.05) is 17.6 Å². The fraction of sp³-hybridized carbons (Fsp3) is 0.500. The summed E-state index contributed by atoms with van der Waals surface area (Å²) in [5, 5.41) is 0. The molecule has 0 fully saturated rings. The van der Waals surface area contributed by atoms with Gasteiger partial charge in [-0.25, -0.2) is 4.79 Å². The van der Waals surface area contributed by atoms with E-state index in [9.17, 15) is 9.59 Å². The molecule has 0 saturated carbocycles. The Morgan fingerprint density at radius 1 is 1.47 bits per heavy atom. The highest BCUT2D eigenvalue weighted by molar-refractivity contribution is 14.1. The van der Waals surface area contributed by atoms with Gasteiger partial charge in [-0.05, 0) is 20.3 Å². The molecule has 0 radical (unpaired) electrons. The first-order chi connectivity index (χ1) is 8.08. The van der Waals surface area contributed by atoms with Crippen LogP contribution in [0.4, 0.5) is 0 Å². The molecule has 0 unspecified atom stereocenters. The van der Waals surface area contributed by atoms with Gasteiger partial charge in [-0.1, -0.05) is 41.3 Å². The van der Waals surface area contributed by atoms with Crippen molar-refractivity contribution < 1.29 is 14.3 Å². The van der Waals surface area contributed by atoms with Crippen LogP contribution in [0.1, 0.15) is 20.3 Å². The van der Waals surface area contributed by atoms with Gasteiger partial charge >= 0.3 is 5.97 Å². The smallest absolute Gasteiger partial charge is 0.354 e. The Kier molecular flexibility index (Phi) is 8.75. The van der Waals surface area contributed by atoms with Crippen molar-refractivity contribution in [2.24, 2.45) is 0 Å². The highest BCUT2D eigenvalue weighted by Crippen LogP contribution is 2.08. The zero-order chi connectivity index (χ0) is 13.3. The monoisotopic (exact) mass is 351 g/mol. The summed E-state index contributed by atoms with van der Waals surface area (Å²) in [5.74, 6) is -0.667. The summed E-state index contributed by atoms with van der Waals surface area (Å²) in [4.78, 5) is 24.6. The van der Waals surface area contributed by atoms with E-state index in [0.29, 0.717) is 17.4 Å². The van der Waals surface area contributed by atoms with E-state index >= 15 is 0 Å². The Hall–Kier alpha value is -0.850. The third kappa shape index (κ3) is 5.86. The molecule has 0 aromatic rings. The zero-order valence-electron chi connectivity index (χ0n) is 10.2. The van der Waals surface area contributed by atoms with Crippen LogP contribution in [0.2, 0.25) is 0 Å². The number of nitrogens with zero attached hydrogens (tertiary/aromatic N) is 1. The number of ether oxygens (including phenoxy) is 1. The summed E-state index contributed by atoms with van der Waals surface area (Å²) in [7, 11) is 0. The molecule has 96 valence electrons. The van der Waals surface area contributed by atoms with E-state index in [1.54, 1.807) is 6.92 Å². The van der Waals surface area contributed by atoms with E-state index in [2.05, 4.69) is 6.58 Å². The molecule has 0 spiro atoms. The first-order valence-electron chi connectivity index (χ1n) is 5.41. The minimum absolute atomic E-state index is 0.109. The number of hydrogen-bond donors (Lipinski definition) is 0. The van der Waals surface area contributed by atoms with Crippen LogP contribution in [-0.4, -0.2) is 34.4 Å². The third-order valence-corrected chi connectivity index (χ3v) is 2.66. The average Bonchev–Trinajstić information content (AvgIpc) is 2.33. The highest BCUT2D eigenvalue weighted by atomic mass is 127. The fourth-order valence-corrected chi connectivity index (χ4v) is 1.59. The molecular formula is C12H18INO3. The Bertz CT molecular complexity index is 313. The number of allylic oxidation sites excluding steroid dienone is 1. The first kappa shape index (κ1) is 16.1. The lowest BCUT2D eigenvalue weighted by Gasteiger charge is -2.22. The van der Waals surface area contributed by atoms with Gasteiger partial charge in [0.2, 0.25) is 5.91 Å². The summed E-state index contributed by atoms with van der Waals surface area (Å²) in [6.07, 6.45) is 4.53. The van der Waals surface area contributed by atoms with Crippen molar-refractivity contribution in [3.05, 3.63) is 24.4 Å². The molecule has 0 aliphatic carbocycles. The second kappa shape index (κ2) is 9.21. The van der Waals surface area contributed by atoms with Gasteiger partial charge < -0.3 is 9.64 Å². The van der Waals surface area contributed by atoms with Crippen LogP contribution in [0, 0.1) is 0 Å². The fourth-order valence-electron chi connectivity index (χ4n) is 1.18. The lowest BCUT2D eigenvalue weighted by atomic mass is 10.3. The molecule has 0 heterocycles. The normalized spacial score (nSPS) is 10.3. The predicted molar refractivity (Wildman–Crippen MR) is 75.8 cm³/mol. The molecule has 4 nitrogen and oxygen atoms in total. The molecular weight excluding hydrogens is 333 g/mol. The van der Waals surface area contributed by atoms with Gasteiger partial charge in [0.1, 0.15) is 5.70 Å². The van der Waals surface area contributed by atoms with E-state index in [1.165, 1.54) is 4.90 Å². The van der Waals surface area contributed by atoms with Crippen LogP contribution < -0.4 is 0 Å². The lowest BCUT2D eigenvalue weighted by molar-refractivity contribution is -0.143. The van der Waals surface area contributed by atoms with Crippen LogP contribution in [0.15, 0.2) is 24.4 Å². The van der Waals surface area contributed by atoms with Gasteiger partial charge in [0.05, 0.1) is 11.0 Å². The Labute approximate surface area is 116 Å². The first-order valence-corrected chi connectivity index (χ1v) is 6.94. The number of alkyl halides is 1. The molecule has 0 atom stereocenters. The molecule has 0 N–H and O–H groups in total. The molecule has 0 aliphatic rings. The van der Waals surface area contributed by atoms with Crippen LogP contribution in [0.3, 0.4) is 0 Å². The summed E-state index contributed by atoms with van der Waals surface area (Å²) >= 11 is 1.97. The van der Waals surface area contributed by atoms with Crippen molar-refractivity contribution >= 4 is 34.5 Å². The van der Waals surface area contributed by atoms with Crippen LogP contribution in [0.25, 0.3) is 0 Å². The topological polar surface area (TPSA) is 46.6 Å². The van der Waals surface area contributed by atoms with Crippen molar-refractivity contribution in [1.29, 1.82) is 0 Å². The number of carbonyl (C=O) groups is 2. The zero-order valence-corrected chi connectivity index (χ0v) is 12.4. The molecule has 1 amide bonds. The number of rotatable bonds is 7.